The molecule has 0 radical (unpaired) electrons. The van der Waals surface area contributed by atoms with Gasteiger partial charge in [-0.25, -0.2) is 0 Å². The SMILES string of the molecule is C1=C(c2ccccc2)P2C(C3O[C@@H](c4ccccc4)[C@H](c4ccccc4)O3)=C(c3ccccc3)C1C2(c1ccccc1)c1ccccc1. The second-order valence-corrected chi connectivity index (χ2v) is 15.0. The van der Waals surface area contributed by atoms with E-state index in [9.17, 15) is 0 Å². The number of ether oxygens (including phenoxy) is 2. The third kappa shape index (κ3) is 4.67. The molecule has 6 aromatic carbocycles. The van der Waals surface area contributed by atoms with Crippen LogP contribution in [0.15, 0.2) is 193 Å². The molecule has 3 heteroatoms. The maximum absolute atomic E-state index is 7.26. The summed E-state index contributed by atoms with van der Waals surface area (Å²) < 4.78 is 14.5. The Morgan fingerprint density at radius 3 is 1.29 bits per heavy atom. The predicted molar refractivity (Wildman–Crippen MR) is 196 cm³/mol. The Morgan fingerprint density at radius 1 is 0.438 bits per heavy atom. The number of fused-ring (bicyclic) bond motifs is 2. The van der Waals surface area contributed by atoms with Gasteiger partial charge >= 0.3 is 0 Å². The zero-order valence-corrected chi connectivity index (χ0v) is 27.4. The molecule has 3 heterocycles. The van der Waals surface area contributed by atoms with Gasteiger partial charge in [0.15, 0.2) is 6.29 Å². The summed E-state index contributed by atoms with van der Waals surface area (Å²) >= 11 is 0. The van der Waals surface area contributed by atoms with E-state index in [2.05, 4.69) is 188 Å². The molecule has 0 spiro atoms. The fourth-order valence-corrected chi connectivity index (χ4v) is 12.0. The number of hydrogen-bond acceptors (Lipinski definition) is 2. The van der Waals surface area contributed by atoms with E-state index in [1.165, 1.54) is 38.5 Å². The first-order chi connectivity index (χ1) is 23.8. The fraction of sp³-hybridized carbons (Fsp3) is 0.111. The van der Waals surface area contributed by atoms with E-state index in [0.29, 0.717) is 0 Å². The molecular formula is C45H35O2P. The van der Waals surface area contributed by atoms with Crippen LogP contribution >= 0.6 is 7.92 Å². The third-order valence-corrected chi connectivity index (χ3v) is 13.4. The summed E-state index contributed by atoms with van der Waals surface area (Å²) in [6, 6.07) is 65.4. The molecule has 4 atom stereocenters. The van der Waals surface area contributed by atoms with Crippen molar-refractivity contribution in [1.29, 1.82) is 0 Å². The number of allylic oxidation sites excluding steroid dienone is 2. The smallest absolute Gasteiger partial charge is 0.186 e. The van der Waals surface area contributed by atoms with Crippen LogP contribution in [0, 0.1) is 5.92 Å². The van der Waals surface area contributed by atoms with E-state index in [-0.39, 0.29) is 23.3 Å². The third-order valence-electron chi connectivity index (χ3n) is 10.1. The zero-order chi connectivity index (χ0) is 31.9. The fourth-order valence-electron chi connectivity index (χ4n) is 8.12. The van der Waals surface area contributed by atoms with Gasteiger partial charge in [0.1, 0.15) is 12.2 Å². The predicted octanol–water partition coefficient (Wildman–Crippen LogP) is 11.4. The Bertz CT molecular complexity index is 1990. The molecule has 1 saturated heterocycles. The lowest BCUT2D eigenvalue weighted by Crippen LogP contribution is -2.28. The summed E-state index contributed by atoms with van der Waals surface area (Å²) in [6.45, 7) is 0. The largest absolute Gasteiger partial charge is 0.337 e. The highest BCUT2D eigenvalue weighted by Gasteiger charge is 2.63. The molecular weight excluding hydrogens is 603 g/mol. The van der Waals surface area contributed by atoms with Crippen LogP contribution < -0.4 is 0 Å². The summed E-state index contributed by atoms with van der Waals surface area (Å²) in [5.41, 5.74) is 8.74. The molecule has 48 heavy (non-hydrogen) atoms. The second-order valence-electron chi connectivity index (χ2n) is 12.7. The van der Waals surface area contributed by atoms with E-state index in [1.54, 1.807) is 0 Å². The zero-order valence-electron chi connectivity index (χ0n) is 26.5. The Kier molecular flexibility index (Phi) is 7.51. The van der Waals surface area contributed by atoms with Crippen molar-refractivity contribution in [2.45, 2.75) is 23.7 Å². The van der Waals surface area contributed by atoms with Gasteiger partial charge in [-0.1, -0.05) is 188 Å². The minimum Gasteiger partial charge on any atom is -0.337 e. The summed E-state index contributed by atoms with van der Waals surface area (Å²) in [6.07, 6.45) is 1.56. The Morgan fingerprint density at radius 2 is 0.833 bits per heavy atom. The molecule has 3 aliphatic heterocycles. The van der Waals surface area contributed by atoms with E-state index >= 15 is 0 Å². The van der Waals surface area contributed by atoms with Crippen LogP contribution in [0.2, 0.25) is 0 Å². The van der Waals surface area contributed by atoms with Gasteiger partial charge in [-0.3, -0.25) is 0 Å². The van der Waals surface area contributed by atoms with Crippen molar-refractivity contribution in [2.75, 3.05) is 0 Å². The maximum atomic E-state index is 7.26. The number of benzene rings is 6. The summed E-state index contributed by atoms with van der Waals surface area (Å²) in [4.78, 5) is 0. The lowest BCUT2D eigenvalue weighted by Gasteiger charge is -2.39. The van der Waals surface area contributed by atoms with Crippen molar-refractivity contribution < 1.29 is 9.47 Å². The highest BCUT2D eigenvalue weighted by atomic mass is 31.1. The van der Waals surface area contributed by atoms with E-state index in [4.69, 9.17) is 9.47 Å². The highest BCUT2D eigenvalue weighted by molar-refractivity contribution is 7.75. The van der Waals surface area contributed by atoms with Gasteiger partial charge in [-0.2, -0.15) is 0 Å². The molecule has 3 aliphatic rings. The molecule has 0 saturated carbocycles. The van der Waals surface area contributed by atoms with Crippen LogP contribution in [-0.4, -0.2) is 6.29 Å². The van der Waals surface area contributed by atoms with Crippen LogP contribution in [0.5, 0.6) is 0 Å². The van der Waals surface area contributed by atoms with E-state index < -0.39 is 14.2 Å². The van der Waals surface area contributed by atoms with Crippen molar-refractivity contribution in [1.82, 2.24) is 0 Å². The molecule has 232 valence electrons. The Hall–Kier alpha value is -4.85. The molecule has 2 bridgehead atoms. The molecule has 2 unspecified atom stereocenters. The normalized spacial score (nSPS) is 23.0. The molecule has 1 fully saturated rings. The minimum absolute atomic E-state index is 0.0826. The van der Waals surface area contributed by atoms with Gasteiger partial charge in [0, 0.05) is 11.2 Å². The highest BCUT2D eigenvalue weighted by Crippen LogP contribution is 2.86. The van der Waals surface area contributed by atoms with Crippen molar-refractivity contribution in [3.63, 3.8) is 0 Å². The van der Waals surface area contributed by atoms with Gasteiger partial charge in [-0.15, -0.1) is 0 Å². The van der Waals surface area contributed by atoms with Crippen LogP contribution in [0.1, 0.15) is 45.6 Å². The molecule has 6 aromatic rings. The topological polar surface area (TPSA) is 18.5 Å². The molecule has 0 aliphatic carbocycles. The standard InChI is InChI=1S/C45H35O2P/c1-7-19-32(20-8-1)39-31-38-40(33-21-9-2-10-22-33)43(48(39)45(38,36-27-15-5-16-28-36)37-29-17-6-18-30-37)44-46-41(34-23-11-3-12-24-34)42(47-44)35-25-13-4-14-26-35/h1-31,38,41-42,44H/t38?,41-,42-,48?/m0/s1. The first-order valence-corrected chi connectivity index (χ1v) is 18.1. The van der Waals surface area contributed by atoms with Crippen molar-refractivity contribution >= 4 is 18.8 Å². The van der Waals surface area contributed by atoms with E-state index in [0.717, 1.165) is 11.1 Å². The number of rotatable bonds is 7. The Labute approximate surface area is 283 Å². The van der Waals surface area contributed by atoms with Gasteiger partial charge in [0.25, 0.3) is 0 Å². The summed E-state index contributed by atoms with van der Waals surface area (Å²) in [7, 11) is -1.03. The molecule has 9 rings (SSSR count). The summed E-state index contributed by atoms with van der Waals surface area (Å²) in [5.74, 6) is 0.0826. The first kappa shape index (κ1) is 29.3. The van der Waals surface area contributed by atoms with Crippen LogP contribution in [0.3, 0.4) is 0 Å². The van der Waals surface area contributed by atoms with Crippen LogP contribution in [0.25, 0.3) is 10.9 Å². The van der Waals surface area contributed by atoms with Gasteiger partial charge in [0.2, 0.25) is 0 Å². The lowest BCUT2D eigenvalue weighted by molar-refractivity contribution is -0.0319. The minimum atomic E-state index is -1.03. The van der Waals surface area contributed by atoms with Gasteiger partial charge in [0.05, 0.1) is 5.16 Å². The molecule has 0 aromatic heterocycles. The maximum Gasteiger partial charge on any atom is 0.186 e. The average Bonchev–Trinajstić information content (AvgIpc) is 3.86. The number of hydrogen-bond donors (Lipinski definition) is 0. The van der Waals surface area contributed by atoms with Crippen molar-refractivity contribution in [2.24, 2.45) is 5.92 Å². The second kappa shape index (κ2) is 12.3. The first-order valence-electron chi connectivity index (χ1n) is 16.7. The molecule has 0 amide bonds. The van der Waals surface area contributed by atoms with Crippen LogP contribution in [-0.2, 0) is 14.6 Å². The Balaban J connectivity index is 1.30. The quantitative estimate of drug-likeness (QED) is 0.162. The average molecular weight is 639 g/mol. The van der Waals surface area contributed by atoms with Crippen molar-refractivity contribution in [3.8, 4) is 0 Å². The summed E-state index contributed by atoms with van der Waals surface area (Å²) in [5, 5.41) is 2.35. The van der Waals surface area contributed by atoms with E-state index in [1.807, 2.05) is 0 Å². The monoisotopic (exact) mass is 638 g/mol. The van der Waals surface area contributed by atoms with Crippen LogP contribution in [0.4, 0.5) is 0 Å². The molecule has 0 N–H and O–H groups in total. The lowest BCUT2D eigenvalue weighted by atomic mass is 9.74. The van der Waals surface area contributed by atoms with Gasteiger partial charge < -0.3 is 9.47 Å². The van der Waals surface area contributed by atoms with Gasteiger partial charge in [-0.05, 0) is 52.2 Å². The molecule has 2 nitrogen and oxygen atoms in total. The van der Waals surface area contributed by atoms with Crippen molar-refractivity contribution in [3.05, 3.63) is 227 Å².